The molecule has 1 aromatic rings. The third-order valence-electron chi connectivity index (χ3n) is 6.75. The smallest absolute Gasteiger partial charge is 0.338 e. The van der Waals surface area contributed by atoms with Crippen LogP contribution < -0.4 is 5.32 Å². The fraction of sp³-hybridized carbons (Fsp3) is 0.538. The van der Waals surface area contributed by atoms with E-state index in [-0.39, 0.29) is 23.8 Å². The molecule has 0 saturated heterocycles. The lowest BCUT2D eigenvalue weighted by Gasteiger charge is -2.38. The standard InChI is InChI=1S/C26H33N5O5S/c1-4-31(5-2)25-29-23(34)20(37-25)15-21(32)28-19-11-9-10-18(14-19)24(35)36-16-22(33)30(3)26(17-27)12-7-6-8-13-26/h9-11,14,20H,4-8,12-13,15-16H2,1-3H3,(H,28,32)/t20-/m0/s1. The number of carbonyl (C=O) groups excluding carboxylic acids is 4. The molecule has 3 amide bonds. The number of ether oxygens (including phenoxy) is 1. The molecule has 0 spiro atoms. The van der Waals surface area contributed by atoms with Gasteiger partial charge in [0.2, 0.25) is 5.91 Å². The average Bonchev–Trinajstić information content (AvgIpc) is 3.26. The van der Waals surface area contributed by atoms with Gasteiger partial charge in [0, 0.05) is 32.2 Å². The number of likely N-dealkylation sites (N-methyl/N-ethyl adjacent to an activating group) is 1. The lowest BCUT2D eigenvalue weighted by atomic mass is 9.81. The number of carbonyl (C=O) groups is 4. The first-order valence-corrected chi connectivity index (χ1v) is 13.4. The first-order chi connectivity index (χ1) is 17.7. The predicted molar refractivity (Wildman–Crippen MR) is 141 cm³/mol. The molecule has 1 atom stereocenters. The number of nitrogens with zero attached hydrogens (tertiary/aromatic N) is 4. The molecule has 198 valence electrons. The van der Waals surface area contributed by atoms with E-state index < -0.39 is 29.3 Å². The van der Waals surface area contributed by atoms with Crippen LogP contribution in [-0.4, -0.2) is 76.2 Å². The molecule has 1 fully saturated rings. The van der Waals surface area contributed by atoms with Crippen molar-refractivity contribution in [2.75, 3.05) is 32.1 Å². The third-order valence-corrected chi connectivity index (χ3v) is 7.96. The van der Waals surface area contributed by atoms with E-state index in [4.69, 9.17) is 4.74 Å². The second kappa shape index (κ2) is 12.7. The lowest BCUT2D eigenvalue weighted by molar-refractivity contribution is -0.138. The minimum absolute atomic E-state index is 0.0477. The highest BCUT2D eigenvalue weighted by Gasteiger charge is 2.39. The molecule has 1 aliphatic carbocycles. The molecule has 0 aromatic heterocycles. The van der Waals surface area contributed by atoms with Crippen molar-refractivity contribution >= 4 is 46.3 Å². The molecule has 0 radical (unpaired) electrons. The molecule has 3 rings (SSSR count). The van der Waals surface area contributed by atoms with Crippen molar-refractivity contribution in [2.24, 2.45) is 4.99 Å². The van der Waals surface area contributed by atoms with Crippen molar-refractivity contribution in [1.29, 1.82) is 5.26 Å². The number of thioether (sulfide) groups is 1. The molecular weight excluding hydrogens is 494 g/mol. The Bertz CT molecular complexity index is 1100. The molecule has 11 heteroatoms. The summed E-state index contributed by atoms with van der Waals surface area (Å²) in [6.07, 6.45) is 3.95. The van der Waals surface area contributed by atoms with Crippen LogP contribution in [0.3, 0.4) is 0 Å². The number of amides is 3. The van der Waals surface area contributed by atoms with E-state index >= 15 is 0 Å². The van der Waals surface area contributed by atoms with Crippen LogP contribution in [0.4, 0.5) is 5.69 Å². The van der Waals surface area contributed by atoms with Gasteiger partial charge in [0.05, 0.1) is 11.6 Å². The van der Waals surface area contributed by atoms with Gasteiger partial charge in [-0.25, -0.2) is 4.79 Å². The molecule has 0 unspecified atom stereocenters. The first-order valence-electron chi connectivity index (χ1n) is 12.5. The largest absolute Gasteiger partial charge is 0.452 e. The second-order valence-electron chi connectivity index (χ2n) is 9.08. The van der Waals surface area contributed by atoms with E-state index in [0.717, 1.165) is 32.4 Å². The maximum atomic E-state index is 12.6. The van der Waals surface area contributed by atoms with Crippen molar-refractivity contribution in [3.8, 4) is 6.07 Å². The van der Waals surface area contributed by atoms with Gasteiger partial charge in [0.15, 0.2) is 11.8 Å². The summed E-state index contributed by atoms with van der Waals surface area (Å²) < 4.78 is 5.21. The molecule has 1 heterocycles. The number of anilines is 1. The van der Waals surface area contributed by atoms with Crippen molar-refractivity contribution in [3.63, 3.8) is 0 Å². The maximum Gasteiger partial charge on any atom is 0.338 e. The SMILES string of the molecule is CCN(CC)C1=NC(=O)[C@H](CC(=O)Nc2cccc(C(=O)OCC(=O)N(C)C3(C#N)CCCCC3)c2)S1. The predicted octanol–water partition coefficient (Wildman–Crippen LogP) is 3.20. The van der Waals surface area contributed by atoms with E-state index in [9.17, 15) is 24.4 Å². The van der Waals surface area contributed by atoms with E-state index in [1.807, 2.05) is 18.7 Å². The molecule has 1 aliphatic heterocycles. The Morgan fingerprint density at radius 1 is 1.22 bits per heavy atom. The Labute approximate surface area is 221 Å². The number of amidine groups is 1. The zero-order valence-electron chi connectivity index (χ0n) is 21.5. The monoisotopic (exact) mass is 527 g/mol. The number of aliphatic imine (C=N–C) groups is 1. The fourth-order valence-electron chi connectivity index (χ4n) is 4.45. The van der Waals surface area contributed by atoms with Crippen LogP contribution in [0.5, 0.6) is 0 Å². The fourth-order valence-corrected chi connectivity index (χ4v) is 5.64. The van der Waals surface area contributed by atoms with Gasteiger partial charge in [-0.2, -0.15) is 10.3 Å². The average molecular weight is 528 g/mol. The molecule has 2 aliphatic rings. The molecule has 1 aromatic carbocycles. The van der Waals surface area contributed by atoms with Crippen molar-refractivity contribution < 1.29 is 23.9 Å². The Morgan fingerprint density at radius 2 is 1.92 bits per heavy atom. The van der Waals surface area contributed by atoms with Gasteiger partial charge >= 0.3 is 5.97 Å². The topological polar surface area (TPSA) is 132 Å². The van der Waals surface area contributed by atoms with Gasteiger partial charge in [-0.1, -0.05) is 37.1 Å². The Hall–Kier alpha value is -3.39. The number of nitrogens with one attached hydrogen (secondary N) is 1. The van der Waals surface area contributed by atoms with E-state index in [1.54, 1.807) is 19.2 Å². The summed E-state index contributed by atoms with van der Waals surface area (Å²) in [6, 6.07) is 8.46. The zero-order chi connectivity index (χ0) is 27.0. The highest BCUT2D eigenvalue weighted by molar-refractivity contribution is 8.15. The quantitative estimate of drug-likeness (QED) is 0.484. The second-order valence-corrected chi connectivity index (χ2v) is 10.2. The summed E-state index contributed by atoms with van der Waals surface area (Å²) in [7, 11) is 1.57. The highest BCUT2D eigenvalue weighted by atomic mass is 32.2. The van der Waals surface area contributed by atoms with Crippen LogP contribution in [0.1, 0.15) is 62.7 Å². The number of benzene rings is 1. The first kappa shape index (κ1) is 28.2. The van der Waals surface area contributed by atoms with Crippen LogP contribution in [-0.2, 0) is 19.1 Å². The van der Waals surface area contributed by atoms with Gasteiger partial charge in [-0.3, -0.25) is 14.4 Å². The van der Waals surface area contributed by atoms with Crippen LogP contribution in [0.25, 0.3) is 0 Å². The van der Waals surface area contributed by atoms with E-state index in [2.05, 4.69) is 16.4 Å². The summed E-state index contributed by atoms with van der Waals surface area (Å²) in [5.74, 6) is -1.86. The van der Waals surface area contributed by atoms with Gasteiger partial charge in [-0.15, -0.1) is 0 Å². The molecular formula is C26H33N5O5S. The number of hydrogen-bond donors (Lipinski definition) is 1. The Morgan fingerprint density at radius 3 is 2.57 bits per heavy atom. The van der Waals surface area contributed by atoms with Gasteiger partial charge in [-0.05, 0) is 44.9 Å². The van der Waals surface area contributed by atoms with E-state index in [1.165, 1.54) is 28.8 Å². The number of nitriles is 1. The minimum Gasteiger partial charge on any atom is -0.452 e. The van der Waals surface area contributed by atoms with Gasteiger partial charge in [0.1, 0.15) is 10.8 Å². The van der Waals surface area contributed by atoms with Crippen molar-refractivity contribution in [3.05, 3.63) is 29.8 Å². The van der Waals surface area contributed by atoms with Gasteiger partial charge < -0.3 is 19.9 Å². The maximum absolute atomic E-state index is 12.6. The normalized spacial score (nSPS) is 18.4. The van der Waals surface area contributed by atoms with Gasteiger partial charge in [0.25, 0.3) is 11.8 Å². The third kappa shape index (κ3) is 6.89. The summed E-state index contributed by atoms with van der Waals surface area (Å²) in [4.78, 5) is 57.5. The van der Waals surface area contributed by atoms with Crippen LogP contribution in [0, 0.1) is 11.3 Å². The van der Waals surface area contributed by atoms with Crippen LogP contribution in [0.2, 0.25) is 0 Å². The molecule has 37 heavy (non-hydrogen) atoms. The van der Waals surface area contributed by atoms with Crippen LogP contribution >= 0.6 is 11.8 Å². The molecule has 0 bridgehead atoms. The number of rotatable bonds is 9. The summed E-state index contributed by atoms with van der Waals surface area (Å²) in [6.45, 7) is 4.91. The van der Waals surface area contributed by atoms with E-state index in [0.29, 0.717) is 23.7 Å². The zero-order valence-corrected chi connectivity index (χ0v) is 22.3. The lowest BCUT2D eigenvalue weighted by Crippen LogP contribution is -2.51. The van der Waals surface area contributed by atoms with Crippen molar-refractivity contribution in [2.45, 2.75) is 63.2 Å². The highest BCUT2D eigenvalue weighted by Crippen LogP contribution is 2.32. The molecule has 1 saturated carbocycles. The Kier molecular flexibility index (Phi) is 9.69. The summed E-state index contributed by atoms with van der Waals surface area (Å²) >= 11 is 1.28. The molecule has 1 N–H and O–H groups in total. The number of esters is 1. The number of hydrogen-bond acceptors (Lipinski definition) is 8. The van der Waals surface area contributed by atoms with Crippen LogP contribution in [0.15, 0.2) is 29.3 Å². The Balaban J connectivity index is 1.53. The molecule has 10 nitrogen and oxygen atoms in total. The summed E-state index contributed by atoms with van der Waals surface area (Å²) in [5, 5.41) is 12.4. The minimum atomic E-state index is -0.859. The van der Waals surface area contributed by atoms with Crippen molar-refractivity contribution in [1.82, 2.24) is 9.80 Å². The summed E-state index contributed by atoms with van der Waals surface area (Å²) in [5.41, 5.74) is -0.324.